The number of phenolic OH excluding ortho intramolecular Hbond substituents is 1. The first kappa shape index (κ1) is 30.7. The molecule has 4 atom stereocenters. The molecule has 1 aromatic rings. The summed E-state index contributed by atoms with van der Waals surface area (Å²) in [6.07, 6.45) is 1.60. The number of aromatic hydroxyl groups is 1. The summed E-state index contributed by atoms with van der Waals surface area (Å²) in [4.78, 5) is 61.3. The fourth-order valence-corrected chi connectivity index (χ4v) is 3.67. The molecule has 0 aliphatic rings. The third kappa shape index (κ3) is 10.5. The zero-order valence-corrected chi connectivity index (χ0v) is 21.3. The molecule has 1 aromatic carbocycles. The molecule has 13 heteroatoms. The summed E-state index contributed by atoms with van der Waals surface area (Å²) in [7, 11) is 0. The number of carboxylic acids is 1. The molecule has 200 valence electrons. The number of nitrogens with two attached hydrogens (primary N) is 2. The SMILES string of the molecule is CSCCC(N)C(=O)NC(C(=O)NC(Cc1ccc(O)cc1)C(=O)NC(CC(N)=O)C(=O)O)C(C)C. The Hall–Kier alpha value is -3.32. The lowest BCUT2D eigenvalue weighted by atomic mass is 10.00. The van der Waals surface area contributed by atoms with E-state index in [0.717, 1.165) is 0 Å². The molecule has 12 nitrogen and oxygen atoms in total. The number of aliphatic carboxylic acids is 1. The van der Waals surface area contributed by atoms with Crippen LogP contribution in [0.2, 0.25) is 0 Å². The lowest BCUT2D eigenvalue weighted by molar-refractivity contribution is -0.143. The average molecular weight is 526 g/mol. The highest BCUT2D eigenvalue weighted by Gasteiger charge is 2.32. The van der Waals surface area contributed by atoms with E-state index in [2.05, 4.69) is 16.0 Å². The Morgan fingerprint density at radius 1 is 0.944 bits per heavy atom. The van der Waals surface area contributed by atoms with Gasteiger partial charge in [-0.3, -0.25) is 19.2 Å². The average Bonchev–Trinajstić information content (AvgIpc) is 2.80. The van der Waals surface area contributed by atoms with Crippen molar-refractivity contribution in [2.75, 3.05) is 12.0 Å². The summed E-state index contributed by atoms with van der Waals surface area (Å²) in [6.45, 7) is 3.42. The number of primary amides is 1. The van der Waals surface area contributed by atoms with Crippen LogP contribution in [0.5, 0.6) is 5.75 Å². The number of benzene rings is 1. The highest BCUT2D eigenvalue weighted by molar-refractivity contribution is 7.98. The molecule has 0 radical (unpaired) electrons. The molecule has 0 heterocycles. The van der Waals surface area contributed by atoms with Gasteiger partial charge >= 0.3 is 5.97 Å². The Balaban J connectivity index is 3.11. The second-order valence-corrected chi connectivity index (χ2v) is 9.61. The third-order valence-corrected chi connectivity index (χ3v) is 5.89. The number of rotatable bonds is 15. The summed E-state index contributed by atoms with van der Waals surface area (Å²) in [6, 6.07) is 1.17. The molecule has 0 aromatic heterocycles. The van der Waals surface area contributed by atoms with Crippen molar-refractivity contribution < 1.29 is 34.2 Å². The Kier molecular flexibility index (Phi) is 12.7. The minimum atomic E-state index is -1.59. The molecule has 0 fully saturated rings. The number of hydrogen-bond donors (Lipinski definition) is 7. The van der Waals surface area contributed by atoms with Gasteiger partial charge in [-0.05, 0) is 42.0 Å². The lowest BCUT2D eigenvalue weighted by Gasteiger charge is -2.27. The normalized spacial score (nSPS) is 14.2. The molecule has 0 bridgehead atoms. The largest absolute Gasteiger partial charge is 0.508 e. The van der Waals surface area contributed by atoms with Crippen LogP contribution in [-0.2, 0) is 30.4 Å². The van der Waals surface area contributed by atoms with Gasteiger partial charge in [0.25, 0.3) is 0 Å². The van der Waals surface area contributed by atoms with Gasteiger partial charge in [0, 0.05) is 6.42 Å². The van der Waals surface area contributed by atoms with Crippen molar-refractivity contribution in [2.24, 2.45) is 17.4 Å². The highest BCUT2D eigenvalue weighted by Crippen LogP contribution is 2.13. The summed E-state index contributed by atoms with van der Waals surface area (Å²) in [5, 5.41) is 26.3. The lowest BCUT2D eigenvalue weighted by Crippen LogP contribution is -2.59. The zero-order chi connectivity index (χ0) is 27.4. The van der Waals surface area contributed by atoms with Crippen LogP contribution in [0.3, 0.4) is 0 Å². The van der Waals surface area contributed by atoms with Crippen LogP contribution in [0.1, 0.15) is 32.3 Å². The molecule has 0 aliphatic heterocycles. The maximum absolute atomic E-state index is 13.1. The van der Waals surface area contributed by atoms with Crippen LogP contribution in [0.4, 0.5) is 0 Å². The fraction of sp³-hybridized carbons (Fsp3) is 0.522. The molecule has 0 saturated carbocycles. The monoisotopic (exact) mass is 525 g/mol. The van der Waals surface area contributed by atoms with Gasteiger partial charge in [-0.15, -0.1) is 0 Å². The van der Waals surface area contributed by atoms with E-state index in [0.29, 0.717) is 17.7 Å². The standard InChI is InChI=1S/C23H35N5O7S/c1-12(2)19(28-20(31)15(24)8-9-36-3)22(33)26-16(10-13-4-6-14(29)7-5-13)21(32)27-17(23(34)35)11-18(25)30/h4-7,12,15-17,19,29H,8-11,24H2,1-3H3,(H2,25,30)(H,26,33)(H,27,32)(H,28,31)(H,34,35). The summed E-state index contributed by atoms with van der Waals surface area (Å²) < 4.78 is 0. The van der Waals surface area contributed by atoms with Crippen molar-refractivity contribution in [3.8, 4) is 5.75 Å². The second kappa shape index (κ2) is 14.9. The predicted molar refractivity (Wildman–Crippen MR) is 135 cm³/mol. The number of hydrogen-bond acceptors (Lipinski definition) is 8. The van der Waals surface area contributed by atoms with E-state index in [4.69, 9.17) is 11.5 Å². The predicted octanol–water partition coefficient (Wildman–Crippen LogP) is -0.914. The summed E-state index contributed by atoms with van der Waals surface area (Å²) >= 11 is 1.53. The van der Waals surface area contributed by atoms with Gasteiger partial charge in [0.05, 0.1) is 12.5 Å². The van der Waals surface area contributed by atoms with Crippen molar-refractivity contribution in [3.63, 3.8) is 0 Å². The van der Waals surface area contributed by atoms with Crippen LogP contribution in [0.15, 0.2) is 24.3 Å². The Labute approximate surface area is 213 Å². The minimum absolute atomic E-state index is 0.00316. The smallest absolute Gasteiger partial charge is 0.326 e. The van der Waals surface area contributed by atoms with E-state index < -0.39 is 60.2 Å². The first-order valence-electron chi connectivity index (χ1n) is 11.3. The van der Waals surface area contributed by atoms with E-state index in [-0.39, 0.29) is 18.1 Å². The zero-order valence-electron chi connectivity index (χ0n) is 20.5. The maximum atomic E-state index is 13.1. The van der Waals surface area contributed by atoms with Gasteiger partial charge in [-0.25, -0.2) is 4.79 Å². The number of carbonyl (C=O) groups excluding carboxylic acids is 4. The van der Waals surface area contributed by atoms with Gasteiger partial charge < -0.3 is 37.6 Å². The van der Waals surface area contributed by atoms with Crippen LogP contribution in [0, 0.1) is 5.92 Å². The number of amides is 4. The number of nitrogens with one attached hydrogen (secondary N) is 3. The van der Waals surface area contributed by atoms with E-state index in [1.54, 1.807) is 13.8 Å². The van der Waals surface area contributed by atoms with Gasteiger partial charge in [-0.2, -0.15) is 11.8 Å². The van der Waals surface area contributed by atoms with E-state index in [1.807, 2.05) is 6.26 Å². The van der Waals surface area contributed by atoms with Crippen molar-refractivity contribution in [3.05, 3.63) is 29.8 Å². The van der Waals surface area contributed by atoms with Crippen molar-refractivity contribution in [1.82, 2.24) is 16.0 Å². The minimum Gasteiger partial charge on any atom is -0.508 e. The highest BCUT2D eigenvalue weighted by atomic mass is 32.2. The second-order valence-electron chi connectivity index (χ2n) is 8.62. The molecule has 4 amide bonds. The van der Waals surface area contributed by atoms with Crippen LogP contribution < -0.4 is 27.4 Å². The van der Waals surface area contributed by atoms with E-state index in [1.165, 1.54) is 36.0 Å². The van der Waals surface area contributed by atoms with Crippen molar-refractivity contribution in [1.29, 1.82) is 0 Å². The molecule has 4 unspecified atom stereocenters. The molecule has 0 saturated heterocycles. The number of thioether (sulfide) groups is 1. The number of carboxylic acid groups (broad SMARTS) is 1. The molecule has 9 N–H and O–H groups in total. The molecule has 0 aliphatic carbocycles. The van der Waals surface area contributed by atoms with Crippen molar-refractivity contribution in [2.45, 2.75) is 57.3 Å². The molecular weight excluding hydrogens is 490 g/mol. The topological polar surface area (TPSA) is 214 Å². The van der Waals surface area contributed by atoms with Crippen LogP contribution >= 0.6 is 11.8 Å². The molecule has 1 rings (SSSR count). The van der Waals surface area contributed by atoms with E-state index >= 15 is 0 Å². The van der Waals surface area contributed by atoms with Gasteiger partial charge in [0.1, 0.15) is 23.9 Å². The quantitative estimate of drug-likeness (QED) is 0.151. The van der Waals surface area contributed by atoms with Crippen LogP contribution in [-0.4, -0.2) is 76.0 Å². The third-order valence-electron chi connectivity index (χ3n) is 5.25. The fourth-order valence-electron chi connectivity index (χ4n) is 3.18. The maximum Gasteiger partial charge on any atom is 0.326 e. The first-order valence-corrected chi connectivity index (χ1v) is 12.7. The van der Waals surface area contributed by atoms with Crippen LogP contribution in [0.25, 0.3) is 0 Å². The van der Waals surface area contributed by atoms with Gasteiger partial charge in [-0.1, -0.05) is 26.0 Å². The molecule has 0 spiro atoms. The first-order chi connectivity index (χ1) is 16.8. The van der Waals surface area contributed by atoms with Gasteiger partial charge in [0.15, 0.2) is 0 Å². The van der Waals surface area contributed by atoms with Gasteiger partial charge in [0.2, 0.25) is 23.6 Å². The Bertz CT molecular complexity index is 926. The number of carbonyl (C=O) groups is 5. The number of phenols is 1. The Morgan fingerprint density at radius 2 is 1.53 bits per heavy atom. The Morgan fingerprint density at radius 3 is 2.03 bits per heavy atom. The molecular formula is C23H35N5O7S. The van der Waals surface area contributed by atoms with Crippen molar-refractivity contribution >= 4 is 41.4 Å². The van der Waals surface area contributed by atoms with E-state index in [9.17, 15) is 34.2 Å². The summed E-state index contributed by atoms with van der Waals surface area (Å²) in [5.74, 6) is -4.14. The molecule has 36 heavy (non-hydrogen) atoms. The summed E-state index contributed by atoms with van der Waals surface area (Å²) in [5.41, 5.74) is 11.5.